The SMILES string of the molecule is FC(F)(F)c1ccc(CC[C@H]2CC2c2ccccc2)cn1. The van der Waals surface area contributed by atoms with Gasteiger partial charge in [-0.25, -0.2) is 0 Å². The zero-order chi connectivity index (χ0) is 14.9. The molecule has 1 heterocycles. The van der Waals surface area contributed by atoms with Crippen molar-refractivity contribution in [1.29, 1.82) is 0 Å². The molecular formula is C17H16F3N. The van der Waals surface area contributed by atoms with Crippen molar-refractivity contribution in [3.63, 3.8) is 0 Å². The number of nitrogens with zero attached hydrogens (tertiary/aromatic N) is 1. The molecule has 0 spiro atoms. The Morgan fingerprint density at radius 3 is 2.43 bits per heavy atom. The lowest BCUT2D eigenvalue weighted by Gasteiger charge is -2.06. The van der Waals surface area contributed by atoms with Crippen molar-refractivity contribution in [2.24, 2.45) is 5.92 Å². The second-order valence-electron chi connectivity index (χ2n) is 5.60. The van der Waals surface area contributed by atoms with E-state index in [4.69, 9.17) is 0 Å². The van der Waals surface area contributed by atoms with E-state index in [9.17, 15) is 13.2 Å². The van der Waals surface area contributed by atoms with Crippen molar-refractivity contribution in [2.45, 2.75) is 31.4 Å². The standard InChI is InChI=1S/C17H16F3N/c18-17(19,20)16-9-7-12(11-21-16)6-8-14-10-15(14)13-4-2-1-3-5-13/h1-5,7,9,11,14-15H,6,8,10H2/t14-,15?/m0/s1. The van der Waals surface area contributed by atoms with E-state index in [2.05, 4.69) is 17.1 Å². The van der Waals surface area contributed by atoms with Crippen molar-refractivity contribution in [2.75, 3.05) is 0 Å². The largest absolute Gasteiger partial charge is 0.433 e. The molecule has 110 valence electrons. The number of benzene rings is 1. The van der Waals surface area contributed by atoms with E-state index in [0.29, 0.717) is 11.8 Å². The van der Waals surface area contributed by atoms with Gasteiger partial charge in [-0.1, -0.05) is 36.4 Å². The van der Waals surface area contributed by atoms with Gasteiger partial charge in [0.25, 0.3) is 0 Å². The molecule has 4 heteroatoms. The fourth-order valence-corrected chi connectivity index (χ4v) is 2.77. The van der Waals surface area contributed by atoms with E-state index in [0.717, 1.165) is 24.5 Å². The Hall–Kier alpha value is -1.84. The van der Waals surface area contributed by atoms with Gasteiger partial charge in [0.15, 0.2) is 0 Å². The average molecular weight is 291 g/mol. The van der Waals surface area contributed by atoms with Gasteiger partial charge in [-0.15, -0.1) is 0 Å². The Morgan fingerprint density at radius 2 is 1.81 bits per heavy atom. The van der Waals surface area contributed by atoms with Gasteiger partial charge in [0.1, 0.15) is 5.69 Å². The monoisotopic (exact) mass is 291 g/mol. The Balaban J connectivity index is 1.53. The number of alkyl halides is 3. The molecule has 2 atom stereocenters. The van der Waals surface area contributed by atoms with Gasteiger partial charge < -0.3 is 0 Å². The third-order valence-electron chi connectivity index (χ3n) is 4.07. The molecule has 1 aliphatic carbocycles. The highest BCUT2D eigenvalue weighted by molar-refractivity contribution is 5.26. The van der Waals surface area contributed by atoms with Gasteiger partial charge in [0.05, 0.1) is 0 Å². The van der Waals surface area contributed by atoms with Crippen LogP contribution >= 0.6 is 0 Å². The highest BCUT2D eigenvalue weighted by atomic mass is 19.4. The summed E-state index contributed by atoms with van der Waals surface area (Å²) in [5.74, 6) is 1.27. The Morgan fingerprint density at radius 1 is 1.05 bits per heavy atom. The minimum Gasteiger partial charge on any atom is -0.252 e. The summed E-state index contributed by atoms with van der Waals surface area (Å²) < 4.78 is 37.3. The van der Waals surface area contributed by atoms with Crippen LogP contribution in [0.3, 0.4) is 0 Å². The minimum atomic E-state index is -4.35. The molecule has 1 aromatic carbocycles. The van der Waals surface area contributed by atoms with Crippen molar-refractivity contribution in [3.05, 3.63) is 65.5 Å². The number of aromatic nitrogens is 1. The quantitative estimate of drug-likeness (QED) is 0.785. The second kappa shape index (κ2) is 5.51. The number of rotatable bonds is 4. The van der Waals surface area contributed by atoms with E-state index < -0.39 is 11.9 Å². The Bertz CT molecular complexity index is 590. The summed E-state index contributed by atoms with van der Waals surface area (Å²) in [5.41, 5.74) is 1.43. The molecule has 0 aliphatic heterocycles. The molecule has 1 aromatic heterocycles. The topological polar surface area (TPSA) is 12.9 Å². The van der Waals surface area contributed by atoms with Crippen LogP contribution in [0.4, 0.5) is 13.2 Å². The van der Waals surface area contributed by atoms with Crippen molar-refractivity contribution < 1.29 is 13.2 Å². The number of hydrogen-bond acceptors (Lipinski definition) is 1. The first-order valence-corrected chi connectivity index (χ1v) is 7.11. The Labute approximate surface area is 121 Å². The molecular weight excluding hydrogens is 275 g/mol. The smallest absolute Gasteiger partial charge is 0.252 e. The summed E-state index contributed by atoms with van der Waals surface area (Å²) in [4.78, 5) is 3.50. The third-order valence-corrected chi connectivity index (χ3v) is 4.07. The summed E-state index contributed by atoms with van der Waals surface area (Å²) in [6, 6.07) is 13.0. The lowest BCUT2D eigenvalue weighted by atomic mass is 10.0. The van der Waals surface area contributed by atoms with Crippen LogP contribution < -0.4 is 0 Å². The predicted octanol–water partition coefficient (Wildman–Crippen LogP) is 4.84. The molecule has 0 N–H and O–H groups in total. The fourth-order valence-electron chi connectivity index (χ4n) is 2.77. The zero-order valence-corrected chi connectivity index (χ0v) is 11.5. The van der Waals surface area contributed by atoms with Crippen molar-refractivity contribution in [3.8, 4) is 0 Å². The maximum atomic E-state index is 12.4. The lowest BCUT2D eigenvalue weighted by Crippen LogP contribution is -2.07. The number of aryl methyl sites for hydroxylation is 1. The highest BCUT2D eigenvalue weighted by Gasteiger charge is 2.37. The van der Waals surface area contributed by atoms with Crippen LogP contribution in [0.25, 0.3) is 0 Å². The molecule has 0 amide bonds. The first kappa shape index (κ1) is 14.1. The molecule has 2 aromatic rings. The molecule has 1 fully saturated rings. The van der Waals surface area contributed by atoms with E-state index in [1.165, 1.54) is 24.2 Å². The van der Waals surface area contributed by atoms with E-state index in [-0.39, 0.29) is 0 Å². The summed E-state index contributed by atoms with van der Waals surface area (Å²) in [7, 11) is 0. The average Bonchev–Trinajstić information content (AvgIpc) is 3.25. The fraction of sp³-hybridized carbons (Fsp3) is 0.353. The van der Waals surface area contributed by atoms with Crippen LogP contribution in [0.5, 0.6) is 0 Å². The molecule has 1 saturated carbocycles. The molecule has 0 bridgehead atoms. The van der Waals surface area contributed by atoms with Crippen LogP contribution in [0, 0.1) is 5.92 Å². The summed E-state index contributed by atoms with van der Waals surface area (Å²) in [6.07, 6.45) is -0.0278. The van der Waals surface area contributed by atoms with Crippen molar-refractivity contribution in [1.82, 2.24) is 4.98 Å². The number of pyridine rings is 1. The second-order valence-corrected chi connectivity index (χ2v) is 5.60. The first-order valence-electron chi connectivity index (χ1n) is 7.11. The van der Waals surface area contributed by atoms with Gasteiger partial charge in [0.2, 0.25) is 0 Å². The molecule has 0 saturated heterocycles. The normalized spacial score (nSPS) is 21.3. The maximum absolute atomic E-state index is 12.4. The summed E-state index contributed by atoms with van der Waals surface area (Å²) >= 11 is 0. The van der Waals surface area contributed by atoms with Crippen molar-refractivity contribution >= 4 is 0 Å². The minimum absolute atomic E-state index is 0.619. The molecule has 0 radical (unpaired) electrons. The van der Waals surface area contributed by atoms with Crippen LogP contribution in [-0.2, 0) is 12.6 Å². The molecule has 1 nitrogen and oxygen atoms in total. The molecule has 1 unspecified atom stereocenters. The van der Waals surface area contributed by atoms with Gasteiger partial charge in [-0.05, 0) is 48.3 Å². The summed E-state index contributed by atoms with van der Waals surface area (Å²) in [6.45, 7) is 0. The van der Waals surface area contributed by atoms with Crippen LogP contribution in [0.15, 0.2) is 48.7 Å². The van der Waals surface area contributed by atoms with Crippen LogP contribution in [0.2, 0.25) is 0 Å². The number of halogens is 3. The lowest BCUT2D eigenvalue weighted by molar-refractivity contribution is -0.141. The van der Waals surface area contributed by atoms with Gasteiger partial charge in [-0.2, -0.15) is 13.2 Å². The van der Waals surface area contributed by atoms with Gasteiger partial charge in [0, 0.05) is 6.20 Å². The predicted molar refractivity (Wildman–Crippen MR) is 74.9 cm³/mol. The van der Waals surface area contributed by atoms with Gasteiger partial charge >= 0.3 is 6.18 Å². The zero-order valence-electron chi connectivity index (χ0n) is 11.5. The van der Waals surface area contributed by atoms with E-state index in [1.807, 2.05) is 18.2 Å². The molecule has 21 heavy (non-hydrogen) atoms. The first-order chi connectivity index (χ1) is 10.0. The third kappa shape index (κ3) is 3.43. The molecule has 3 rings (SSSR count). The molecule has 1 aliphatic rings. The van der Waals surface area contributed by atoms with Crippen LogP contribution in [0.1, 0.15) is 35.6 Å². The maximum Gasteiger partial charge on any atom is 0.433 e. The highest BCUT2D eigenvalue weighted by Crippen LogP contribution is 2.49. The van der Waals surface area contributed by atoms with E-state index >= 15 is 0 Å². The summed E-state index contributed by atoms with van der Waals surface area (Å²) in [5, 5.41) is 0. The Kier molecular flexibility index (Phi) is 3.70. The van der Waals surface area contributed by atoms with E-state index in [1.54, 1.807) is 0 Å². The number of hydrogen-bond donors (Lipinski definition) is 0. The van der Waals surface area contributed by atoms with Crippen LogP contribution in [-0.4, -0.2) is 4.98 Å². The van der Waals surface area contributed by atoms with Gasteiger partial charge in [-0.3, -0.25) is 4.98 Å².